The van der Waals surface area contributed by atoms with Crippen molar-refractivity contribution < 1.29 is 9.47 Å². The molecule has 2 aliphatic rings. The zero-order chi connectivity index (χ0) is 16.4. The monoisotopic (exact) mass is 328 g/mol. The SMILES string of the molecule is C[Si](C)(C)C#CC1(Cc2ccccc2)CCC2(CC1)OCCO2. The summed E-state index contributed by atoms with van der Waals surface area (Å²) in [4.78, 5) is 0. The van der Waals surface area contributed by atoms with Crippen LogP contribution >= 0.6 is 0 Å². The van der Waals surface area contributed by atoms with E-state index in [0.29, 0.717) is 0 Å². The van der Waals surface area contributed by atoms with Crippen molar-refractivity contribution in [2.45, 2.75) is 57.5 Å². The fourth-order valence-corrected chi connectivity index (χ4v) is 4.19. The molecule has 0 amide bonds. The van der Waals surface area contributed by atoms with Gasteiger partial charge in [0.2, 0.25) is 0 Å². The van der Waals surface area contributed by atoms with Crippen LogP contribution in [0.15, 0.2) is 30.3 Å². The third-order valence-corrected chi connectivity index (χ3v) is 5.75. The number of rotatable bonds is 2. The van der Waals surface area contributed by atoms with Gasteiger partial charge in [0.25, 0.3) is 0 Å². The highest BCUT2D eigenvalue weighted by Crippen LogP contribution is 2.46. The Bertz CT molecular complexity index is 576. The number of hydrogen-bond acceptors (Lipinski definition) is 2. The van der Waals surface area contributed by atoms with E-state index >= 15 is 0 Å². The summed E-state index contributed by atoms with van der Waals surface area (Å²) in [6, 6.07) is 10.8. The molecule has 124 valence electrons. The molecule has 1 saturated carbocycles. The maximum atomic E-state index is 5.91. The summed E-state index contributed by atoms with van der Waals surface area (Å²) in [6.07, 6.45) is 5.13. The molecule has 1 aliphatic heterocycles. The molecule has 2 nitrogen and oxygen atoms in total. The molecular weight excluding hydrogens is 300 g/mol. The first-order valence-electron chi connectivity index (χ1n) is 8.77. The summed E-state index contributed by atoms with van der Waals surface area (Å²) < 4.78 is 11.8. The van der Waals surface area contributed by atoms with Gasteiger partial charge in [-0.1, -0.05) is 50.0 Å². The van der Waals surface area contributed by atoms with Gasteiger partial charge in [-0.3, -0.25) is 0 Å². The molecule has 1 saturated heterocycles. The Kier molecular flexibility index (Phi) is 4.69. The predicted molar refractivity (Wildman–Crippen MR) is 96.8 cm³/mol. The maximum Gasteiger partial charge on any atom is 0.168 e. The molecule has 0 bridgehead atoms. The van der Waals surface area contributed by atoms with Gasteiger partial charge in [-0.15, -0.1) is 11.5 Å². The molecule has 2 fully saturated rings. The lowest BCUT2D eigenvalue weighted by atomic mass is 9.69. The van der Waals surface area contributed by atoms with Crippen LogP contribution in [0.5, 0.6) is 0 Å². The van der Waals surface area contributed by atoms with Gasteiger partial charge in [0.1, 0.15) is 8.07 Å². The van der Waals surface area contributed by atoms with E-state index in [4.69, 9.17) is 9.47 Å². The van der Waals surface area contributed by atoms with Crippen molar-refractivity contribution in [2.75, 3.05) is 13.2 Å². The fourth-order valence-electron chi connectivity index (χ4n) is 3.55. The standard InChI is InChI=1S/C20H28O2Si/c1-23(2,3)16-13-19(17-18-7-5-4-6-8-18)9-11-20(12-10-19)21-14-15-22-20/h4-8H,9-12,14-15,17H2,1-3H3. The van der Waals surface area contributed by atoms with E-state index < -0.39 is 8.07 Å². The van der Waals surface area contributed by atoms with Gasteiger partial charge in [0.15, 0.2) is 5.79 Å². The smallest absolute Gasteiger partial charge is 0.168 e. The Morgan fingerprint density at radius 1 is 0.957 bits per heavy atom. The van der Waals surface area contributed by atoms with Crippen LogP contribution in [0.2, 0.25) is 19.6 Å². The highest BCUT2D eigenvalue weighted by molar-refractivity contribution is 6.83. The molecule has 3 rings (SSSR count). The zero-order valence-corrected chi connectivity index (χ0v) is 15.7. The van der Waals surface area contributed by atoms with Crippen molar-refractivity contribution >= 4 is 8.07 Å². The van der Waals surface area contributed by atoms with Gasteiger partial charge in [0, 0.05) is 18.3 Å². The Labute approximate surface area is 141 Å². The van der Waals surface area contributed by atoms with Crippen molar-refractivity contribution in [1.82, 2.24) is 0 Å². The normalized spacial score (nSPS) is 22.6. The summed E-state index contributed by atoms with van der Waals surface area (Å²) in [5.74, 6) is 3.43. The Balaban J connectivity index is 1.81. The van der Waals surface area contributed by atoms with Crippen LogP contribution < -0.4 is 0 Å². The molecule has 0 unspecified atom stereocenters. The summed E-state index contributed by atoms with van der Waals surface area (Å²) >= 11 is 0. The van der Waals surface area contributed by atoms with E-state index in [9.17, 15) is 0 Å². The van der Waals surface area contributed by atoms with Gasteiger partial charge in [-0.2, -0.15) is 0 Å². The van der Waals surface area contributed by atoms with E-state index in [1.165, 1.54) is 5.56 Å². The van der Waals surface area contributed by atoms with Gasteiger partial charge in [0.05, 0.1) is 13.2 Å². The third-order valence-electron chi connectivity index (χ3n) is 4.87. The Morgan fingerprint density at radius 3 is 2.13 bits per heavy atom. The topological polar surface area (TPSA) is 18.5 Å². The van der Waals surface area contributed by atoms with Crippen LogP contribution in [-0.4, -0.2) is 27.1 Å². The van der Waals surface area contributed by atoms with Crippen LogP contribution in [-0.2, 0) is 15.9 Å². The molecule has 1 heterocycles. The maximum absolute atomic E-state index is 5.91. The summed E-state index contributed by atoms with van der Waals surface area (Å²) in [5, 5.41) is 0. The van der Waals surface area contributed by atoms with Gasteiger partial charge in [-0.25, -0.2) is 0 Å². The Hall–Kier alpha value is -1.08. The van der Waals surface area contributed by atoms with Gasteiger partial charge < -0.3 is 9.47 Å². The lowest BCUT2D eigenvalue weighted by molar-refractivity contribution is -0.187. The van der Waals surface area contributed by atoms with Crippen molar-refractivity contribution in [3.8, 4) is 11.5 Å². The highest BCUT2D eigenvalue weighted by atomic mass is 28.3. The van der Waals surface area contributed by atoms with E-state index in [-0.39, 0.29) is 11.2 Å². The second-order valence-electron chi connectivity index (χ2n) is 8.05. The molecule has 0 N–H and O–H groups in total. The summed E-state index contributed by atoms with van der Waals surface area (Å²) in [7, 11) is -1.37. The highest BCUT2D eigenvalue weighted by Gasteiger charge is 2.45. The first kappa shape index (κ1) is 16.8. The van der Waals surface area contributed by atoms with Crippen LogP contribution in [0.3, 0.4) is 0 Å². The lowest BCUT2D eigenvalue weighted by Crippen LogP contribution is -2.40. The molecule has 0 radical (unpaired) electrons. The average molecular weight is 329 g/mol. The number of hydrogen-bond donors (Lipinski definition) is 0. The third kappa shape index (κ3) is 4.26. The van der Waals surface area contributed by atoms with E-state index in [2.05, 4.69) is 61.4 Å². The lowest BCUT2D eigenvalue weighted by Gasteiger charge is -2.41. The van der Waals surface area contributed by atoms with Crippen LogP contribution in [0.4, 0.5) is 0 Å². The van der Waals surface area contributed by atoms with Gasteiger partial charge >= 0.3 is 0 Å². The van der Waals surface area contributed by atoms with E-state index in [1.807, 2.05) is 0 Å². The van der Waals surface area contributed by atoms with E-state index in [0.717, 1.165) is 45.3 Å². The number of benzene rings is 1. The van der Waals surface area contributed by atoms with Crippen molar-refractivity contribution in [1.29, 1.82) is 0 Å². The molecule has 1 aromatic carbocycles. The minimum absolute atomic E-state index is 0.0855. The van der Waals surface area contributed by atoms with Crippen molar-refractivity contribution in [3.05, 3.63) is 35.9 Å². The Morgan fingerprint density at radius 2 is 1.57 bits per heavy atom. The zero-order valence-electron chi connectivity index (χ0n) is 14.7. The quantitative estimate of drug-likeness (QED) is 0.591. The first-order valence-corrected chi connectivity index (χ1v) is 12.3. The molecule has 1 spiro atoms. The fraction of sp³-hybridized carbons (Fsp3) is 0.600. The van der Waals surface area contributed by atoms with Crippen molar-refractivity contribution in [2.24, 2.45) is 5.41 Å². The minimum Gasteiger partial charge on any atom is -0.348 e. The van der Waals surface area contributed by atoms with Crippen LogP contribution in [0.1, 0.15) is 31.2 Å². The van der Waals surface area contributed by atoms with Crippen LogP contribution in [0, 0.1) is 16.9 Å². The molecule has 3 heteroatoms. The molecule has 23 heavy (non-hydrogen) atoms. The molecule has 0 aromatic heterocycles. The minimum atomic E-state index is -1.37. The number of ether oxygens (including phenoxy) is 2. The van der Waals surface area contributed by atoms with E-state index in [1.54, 1.807) is 0 Å². The molecule has 1 aliphatic carbocycles. The predicted octanol–water partition coefficient (Wildman–Crippen LogP) is 4.41. The van der Waals surface area contributed by atoms with Gasteiger partial charge in [-0.05, 0) is 24.8 Å². The summed E-state index contributed by atoms with van der Waals surface area (Å²) in [6.45, 7) is 8.45. The molecule has 0 atom stereocenters. The largest absolute Gasteiger partial charge is 0.348 e. The van der Waals surface area contributed by atoms with Crippen molar-refractivity contribution in [3.63, 3.8) is 0 Å². The first-order chi connectivity index (χ1) is 10.9. The second-order valence-corrected chi connectivity index (χ2v) is 12.8. The average Bonchev–Trinajstić information content (AvgIpc) is 2.98. The molecular formula is C20H28O2Si. The molecule has 1 aromatic rings. The van der Waals surface area contributed by atoms with Crippen LogP contribution in [0.25, 0.3) is 0 Å². The summed E-state index contributed by atoms with van der Waals surface area (Å²) in [5.41, 5.74) is 5.11. The second kappa shape index (κ2) is 6.43.